The van der Waals surface area contributed by atoms with Gasteiger partial charge >= 0.3 is 0 Å². The summed E-state index contributed by atoms with van der Waals surface area (Å²) in [6.07, 6.45) is 10.1. The number of fused-ring (bicyclic) bond motifs is 1. The molecular weight excluding hydrogens is 396 g/mol. The van der Waals surface area contributed by atoms with Crippen LogP contribution in [-0.2, 0) is 20.9 Å². The zero-order valence-corrected chi connectivity index (χ0v) is 17.6. The van der Waals surface area contributed by atoms with E-state index in [0.29, 0.717) is 25.1 Å². The molecule has 0 aromatic carbocycles. The molecule has 3 atom stereocenters. The molecule has 0 bridgehead atoms. The van der Waals surface area contributed by atoms with E-state index in [-0.39, 0.29) is 42.0 Å². The van der Waals surface area contributed by atoms with Crippen LogP contribution in [0.5, 0.6) is 0 Å². The minimum atomic E-state index is -0.798. The van der Waals surface area contributed by atoms with Crippen LogP contribution >= 0.6 is 0 Å². The minimum Gasteiger partial charge on any atom is -0.350 e. The van der Waals surface area contributed by atoms with E-state index in [1.807, 2.05) is 32.1 Å². The Kier molecular flexibility index (Phi) is 5.92. The molecule has 4 rings (SSSR count). The maximum absolute atomic E-state index is 13.1. The van der Waals surface area contributed by atoms with E-state index in [1.54, 1.807) is 23.3 Å². The van der Waals surface area contributed by atoms with Gasteiger partial charge in [0.25, 0.3) is 0 Å². The first kappa shape index (κ1) is 20.9. The highest BCUT2D eigenvalue weighted by Crippen LogP contribution is 2.37. The van der Waals surface area contributed by atoms with Gasteiger partial charge in [0.15, 0.2) is 5.82 Å². The Labute approximate surface area is 180 Å². The van der Waals surface area contributed by atoms with E-state index in [1.165, 1.54) is 11.2 Å². The number of rotatable bonds is 7. The molecular formula is C22H26N6O3. The lowest BCUT2D eigenvalue weighted by Gasteiger charge is -2.27. The maximum Gasteiger partial charge on any atom is 0.243 e. The predicted molar refractivity (Wildman–Crippen MR) is 111 cm³/mol. The number of nitrogens with one attached hydrogen (secondary N) is 1. The number of likely N-dealkylation sites (tertiary alicyclic amines) is 1. The first-order valence-corrected chi connectivity index (χ1v) is 10.5. The molecule has 1 aliphatic carbocycles. The third-order valence-corrected chi connectivity index (χ3v) is 5.78. The fourth-order valence-electron chi connectivity index (χ4n) is 4.20. The maximum atomic E-state index is 13.1. The van der Waals surface area contributed by atoms with Gasteiger partial charge in [-0.3, -0.25) is 19.3 Å². The molecule has 1 saturated heterocycles. The second-order valence-corrected chi connectivity index (χ2v) is 8.43. The van der Waals surface area contributed by atoms with Gasteiger partial charge in [-0.15, -0.1) is 0 Å². The van der Waals surface area contributed by atoms with Crippen molar-refractivity contribution in [3.8, 4) is 5.82 Å². The third-order valence-electron chi connectivity index (χ3n) is 5.78. The molecule has 3 unspecified atom stereocenters. The molecule has 9 nitrogen and oxygen atoms in total. The fourth-order valence-corrected chi connectivity index (χ4v) is 4.20. The van der Waals surface area contributed by atoms with Gasteiger partial charge in [-0.05, 0) is 36.8 Å². The zero-order chi connectivity index (χ0) is 22.0. The van der Waals surface area contributed by atoms with Crippen LogP contribution < -0.4 is 5.32 Å². The minimum absolute atomic E-state index is 0.153. The van der Waals surface area contributed by atoms with E-state index in [0.717, 1.165) is 5.56 Å². The van der Waals surface area contributed by atoms with Crippen LogP contribution in [0.3, 0.4) is 0 Å². The van der Waals surface area contributed by atoms with Crippen LogP contribution in [0.25, 0.3) is 5.82 Å². The van der Waals surface area contributed by atoms with Crippen molar-refractivity contribution in [2.75, 3.05) is 0 Å². The van der Waals surface area contributed by atoms with Gasteiger partial charge in [-0.1, -0.05) is 32.1 Å². The molecule has 0 spiro atoms. The Bertz CT molecular complexity index is 957. The second-order valence-electron chi connectivity index (χ2n) is 8.43. The summed E-state index contributed by atoms with van der Waals surface area (Å²) in [6, 6.07) is 2.83. The first-order valence-electron chi connectivity index (χ1n) is 10.5. The van der Waals surface area contributed by atoms with Gasteiger partial charge in [-0.25, -0.2) is 14.6 Å². The Balaban J connectivity index is 1.45. The van der Waals surface area contributed by atoms with Gasteiger partial charge in [0, 0.05) is 12.7 Å². The van der Waals surface area contributed by atoms with Crippen molar-refractivity contribution < 1.29 is 14.4 Å². The zero-order valence-electron chi connectivity index (χ0n) is 17.6. The normalized spacial score (nSPS) is 21.5. The summed E-state index contributed by atoms with van der Waals surface area (Å²) in [5.74, 6) is -0.669. The molecule has 0 saturated carbocycles. The highest BCUT2D eigenvalue weighted by molar-refractivity contribution is 6.08. The fraction of sp³-hybridized carbons (Fsp3) is 0.455. The number of imide groups is 1. The number of carbonyl (C=O) groups excluding carboxylic acids is 3. The molecule has 1 N–H and O–H groups in total. The number of hydrogen-bond acceptors (Lipinski definition) is 6. The summed E-state index contributed by atoms with van der Waals surface area (Å²) >= 11 is 0. The lowest BCUT2D eigenvalue weighted by atomic mass is 9.85. The number of nitrogens with zero attached hydrogens (tertiary/aromatic N) is 5. The van der Waals surface area contributed by atoms with E-state index in [4.69, 9.17) is 0 Å². The number of hydrogen-bond donors (Lipinski definition) is 1. The van der Waals surface area contributed by atoms with Gasteiger partial charge in [0.1, 0.15) is 18.7 Å². The van der Waals surface area contributed by atoms with Gasteiger partial charge in [-0.2, -0.15) is 5.10 Å². The summed E-state index contributed by atoms with van der Waals surface area (Å²) in [6.45, 7) is 4.21. The van der Waals surface area contributed by atoms with Crippen LogP contribution in [0.4, 0.5) is 0 Å². The molecule has 3 amide bonds. The standard InChI is InChI=1S/C22H26N6O3/c1-14(2)9-18(28-21(30)16-5-3-4-6-17(16)22(28)31)20(29)25-11-15-7-8-19(24-10-15)27-13-23-12-26-27/h3-4,7-8,10,12-14,16-18H,5-6,9,11H2,1-2H3,(H,25,29). The van der Waals surface area contributed by atoms with E-state index in [9.17, 15) is 14.4 Å². The van der Waals surface area contributed by atoms with E-state index >= 15 is 0 Å². The van der Waals surface area contributed by atoms with E-state index < -0.39 is 6.04 Å². The molecule has 1 aliphatic heterocycles. The van der Waals surface area contributed by atoms with Gasteiger partial charge in [0.2, 0.25) is 17.7 Å². The molecule has 0 radical (unpaired) electrons. The summed E-state index contributed by atoms with van der Waals surface area (Å²) < 4.78 is 1.54. The number of pyridine rings is 1. The SMILES string of the molecule is CC(C)CC(C(=O)NCc1ccc(-n2cncn2)nc1)N1C(=O)C2CC=CCC2C1=O. The summed E-state index contributed by atoms with van der Waals surface area (Å²) in [4.78, 5) is 48.5. The monoisotopic (exact) mass is 422 g/mol. The van der Waals surface area contributed by atoms with Crippen LogP contribution in [0.2, 0.25) is 0 Å². The quantitative estimate of drug-likeness (QED) is 0.537. The van der Waals surface area contributed by atoms with Crippen molar-refractivity contribution >= 4 is 17.7 Å². The highest BCUT2D eigenvalue weighted by atomic mass is 16.2. The summed E-state index contributed by atoms with van der Waals surface area (Å²) in [5.41, 5.74) is 0.803. The van der Waals surface area contributed by atoms with Crippen LogP contribution in [0.15, 0.2) is 43.1 Å². The molecule has 31 heavy (non-hydrogen) atoms. The molecule has 2 aromatic rings. The average molecular weight is 422 g/mol. The molecule has 2 aliphatic rings. The largest absolute Gasteiger partial charge is 0.350 e. The molecule has 162 valence electrons. The van der Waals surface area contributed by atoms with Crippen molar-refractivity contribution in [3.05, 3.63) is 48.7 Å². The smallest absolute Gasteiger partial charge is 0.243 e. The third kappa shape index (κ3) is 4.26. The lowest BCUT2D eigenvalue weighted by molar-refractivity contribution is -0.148. The predicted octanol–water partition coefficient (Wildman–Crippen LogP) is 1.64. The Morgan fingerprint density at radius 3 is 2.42 bits per heavy atom. The number of carbonyl (C=O) groups is 3. The van der Waals surface area contributed by atoms with Crippen molar-refractivity contribution in [1.29, 1.82) is 0 Å². The topological polar surface area (TPSA) is 110 Å². The van der Waals surface area contributed by atoms with Gasteiger partial charge < -0.3 is 5.32 Å². The van der Waals surface area contributed by atoms with Crippen LogP contribution in [-0.4, -0.2) is 48.4 Å². The van der Waals surface area contributed by atoms with Gasteiger partial charge in [0.05, 0.1) is 11.8 Å². The van der Waals surface area contributed by atoms with Crippen molar-refractivity contribution in [1.82, 2.24) is 30.0 Å². The first-order chi connectivity index (χ1) is 15.0. The highest BCUT2D eigenvalue weighted by Gasteiger charge is 2.51. The summed E-state index contributed by atoms with van der Waals surface area (Å²) in [7, 11) is 0. The van der Waals surface area contributed by atoms with Crippen molar-refractivity contribution in [3.63, 3.8) is 0 Å². The lowest BCUT2D eigenvalue weighted by Crippen LogP contribution is -2.50. The number of amides is 3. The van der Waals surface area contributed by atoms with Crippen LogP contribution in [0.1, 0.15) is 38.7 Å². The molecule has 2 aromatic heterocycles. The van der Waals surface area contributed by atoms with E-state index in [2.05, 4.69) is 20.4 Å². The Morgan fingerprint density at radius 2 is 1.87 bits per heavy atom. The Hall–Kier alpha value is -3.36. The molecule has 1 fully saturated rings. The van der Waals surface area contributed by atoms with Crippen molar-refractivity contribution in [2.24, 2.45) is 17.8 Å². The van der Waals surface area contributed by atoms with Crippen molar-refractivity contribution in [2.45, 2.75) is 45.7 Å². The summed E-state index contributed by atoms with van der Waals surface area (Å²) in [5, 5.41) is 6.91. The number of allylic oxidation sites excluding steroid dienone is 2. The second kappa shape index (κ2) is 8.79. The molecule has 9 heteroatoms. The Morgan fingerprint density at radius 1 is 1.16 bits per heavy atom. The number of aromatic nitrogens is 4. The average Bonchev–Trinajstić information content (AvgIpc) is 3.39. The van der Waals surface area contributed by atoms with Crippen LogP contribution in [0, 0.1) is 17.8 Å². The molecule has 3 heterocycles.